The van der Waals surface area contributed by atoms with Crippen LogP contribution in [0.25, 0.3) is 0 Å². The number of hydrogen-bond acceptors (Lipinski definition) is 7. The van der Waals surface area contributed by atoms with Crippen LogP contribution in [0.5, 0.6) is 0 Å². The Morgan fingerprint density at radius 2 is 1.73 bits per heavy atom. The molecule has 9 heteroatoms. The number of thioether (sulfide) groups is 1. The number of carbonyl (C=O) groups excluding carboxylic acids is 3. The highest BCUT2D eigenvalue weighted by atomic mass is 32.2. The number of methoxy groups -OCH3 is 1. The fraction of sp³-hybridized carbons (Fsp3) is 0.292. The summed E-state index contributed by atoms with van der Waals surface area (Å²) >= 11 is 1.30. The van der Waals surface area contributed by atoms with Crippen LogP contribution < -0.4 is 5.32 Å². The molecule has 2 amide bonds. The van der Waals surface area contributed by atoms with Gasteiger partial charge in [-0.15, -0.1) is 11.8 Å². The fourth-order valence-corrected chi connectivity index (χ4v) is 5.49. The van der Waals surface area contributed by atoms with Gasteiger partial charge in [-0.3, -0.25) is 14.5 Å². The monoisotopic (exact) mass is 468 g/mol. The number of aliphatic hydroxyl groups excluding tert-OH is 1. The van der Waals surface area contributed by atoms with Gasteiger partial charge in [-0.2, -0.15) is 0 Å². The van der Waals surface area contributed by atoms with Crippen LogP contribution in [0.15, 0.2) is 71.9 Å². The molecule has 2 aliphatic heterocycles. The summed E-state index contributed by atoms with van der Waals surface area (Å²) in [6, 6.07) is 18.6. The first-order chi connectivity index (χ1) is 15.9. The van der Waals surface area contributed by atoms with Crippen LogP contribution in [-0.2, 0) is 23.9 Å². The van der Waals surface area contributed by atoms with E-state index >= 15 is 0 Å². The molecule has 0 spiro atoms. The number of β-lactam (4-membered cyclic amide) rings is 1. The number of nitrogens with one attached hydrogen (secondary N) is 1. The van der Waals surface area contributed by atoms with Crippen molar-refractivity contribution in [2.75, 3.05) is 19.5 Å². The SMILES string of the molecule is CO[C@@]1(NC(C)=O)C(=O)N2C(C(=O)OC(c3ccccc3)c3ccccc3)=C(CO)CS[C@H]21. The Morgan fingerprint density at radius 1 is 1.15 bits per heavy atom. The maximum Gasteiger partial charge on any atom is 0.356 e. The highest BCUT2D eigenvalue weighted by Gasteiger charge is 2.66. The average molecular weight is 469 g/mol. The predicted molar refractivity (Wildman–Crippen MR) is 122 cm³/mol. The van der Waals surface area contributed by atoms with Crippen molar-refractivity contribution in [2.24, 2.45) is 0 Å². The second-order valence-corrected chi connectivity index (χ2v) is 8.74. The maximum atomic E-state index is 13.5. The Hall–Kier alpha value is -3.14. The summed E-state index contributed by atoms with van der Waals surface area (Å²) in [6.45, 7) is 0.883. The number of esters is 1. The fourth-order valence-electron chi connectivity index (χ4n) is 4.06. The van der Waals surface area contributed by atoms with Crippen LogP contribution in [0, 0.1) is 0 Å². The minimum absolute atomic E-state index is 0.0128. The number of amides is 2. The number of fused-ring (bicyclic) bond motifs is 1. The standard InChI is InChI=1S/C24H24N2O6S/c1-15(28)25-24(31-2)22(30)26-19(18(13-27)14-33-23(24)26)21(29)32-20(16-9-5-3-6-10-16)17-11-7-4-8-12-17/h3-12,20,23,27H,13-14H2,1-2H3,(H,25,28)/t23-,24-/m0/s1. The van der Waals surface area contributed by atoms with Crippen LogP contribution in [0.4, 0.5) is 0 Å². The first kappa shape index (κ1) is 23.0. The number of nitrogens with zero attached hydrogens (tertiary/aromatic N) is 1. The molecule has 2 aromatic rings. The lowest BCUT2D eigenvalue weighted by Gasteiger charge is -2.55. The van der Waals surface area contributed by atoms with Crippen molar-refractivity contribution in [1.29, 1.82) is 0 Å². The van der Waals surface area contributed by atoms with Gasteiger partial charge in [-0.1, -0.05) is 60.7 Å². The second-order valence-electron chi connectivity index (χ2n) is 7.68. The van der Waals surface area contributed by atoms with E-state index in [1.165, 1.54) is 30.7 Å². The topological polar surface area (TPSA) is 105 Å². The number of benzene rings is 2. The molecular weight excluding hydrogens is 444 g/mol. The summed E-state index contributed by atoms with van der Waals surface area (Å²) in [7, 11) is 1.33. The highest BCUT2D eigenvalue weighted by Crippen LogP contribution is 2.47. The molecule has 0 bridgehead atoms. The van der Waals surface area contributed by atoms with E-state index in [0.717, 1.165) is 11.1 Å². The molecule has 0 saturated carbocycles. The lowest BCUT2D eigenvalue weighted by Crippen LogP contribution is -2.80. The van der Waals surface area contributed by atoms with Crippen LogP contribution in [-0.4, -0.2) is 58.4 Å². The van der Waals surface area contributed by atoms with Gasteiger partial charge in [0.25, 0.3) is 11.6 Å². The van der Waals surface area contributed by atoms with E-state index < -0.39 is 41.6 Å². The number of hydrogen-bond donors (Lipinski definition) is 2. The zero-order chi connectivity index (χ0) is 23.6. The first-order valence-corrected chi connectivity index (χ1v) is 11.4. The lowest BCUT2D eigenvalue weighted by atomic mass is 9.97. The van der Waals surface area contributed by atoms with Gasteiger partial charge in [0, 0.05) is 19.8 Å². The van der Waals surface area contributed by atoms with Crippen LogP contribution in [0.1, 0.15) is 24.2 Å². The molecule has 2 heterocycles. The quantitative estimate of drug-likeness (QED) is 0.364. The predicted octanol–water partition coefficient (Wildman–Crippen LogP) is 1.96. The zero-order valence-corrected chi connectivity index (χ0v) is 19.0. The molecule has 0 aromatic heterocycles. The maximum absolute atomic E-state index is 13.5. The van der Waals surface area contributed by atoms with Gasteiger partial charge in [0.15, 0.2) is 6.10 Å². The van der Waals surface area contributed by atoms with Gasteiger partial charge in [-0.25, -0.2) is 4.79 Å². The minimum atomic E-state index is -1.57. The highest BCUT2D eigenvalue weighted by molar-refractivity contribution is 8.00. The summed E-state index contributed by atoms with van der Waals surface area (Å²) in [5.74, 6) is -1.48. The molecule has 8 nitrogen and oxygen atoms in total. The zero-order valence-electron chi connectivity index (χ0n) is 18.2. The number of carbonyl (C=O) groups is 3. The summed E-state index contributed by atoms with van der Waals surface area (Å²) in [5, 5.41) is 11.8. The molecule has 4 rings (SSSR count). The molecular formula is C24H24N2O6S. The van der Waals surface area contributed by atoms with E-state index in [4.69, 9.17) is 9.47 Å². The minimum Gasteiger partial charge on any atom is -0.448 e. The normalized spacial score (nSPS) is 22.0. The van der Waals surface area contributed by atoms with E-state index in [1.807, 2.05) is 60.7 Å². The van der Waals surface area contributed by atoms with E-state index in [1.54, 1.807) is 0 Å². The van der Waals surface area contributed by atoms with E-state index in [2.05, 4.69) is 5.32 Å². The smallest absolute Gasteiger partial charge is 0.356 e. The molecule has 2 aromatic carbocycles. The second kappa shape index (κ2) is 9.38. The third kappa shape index (κ3) is 4.03. The Morgan fingerprint density at radius 3 is 2.21 bits per heavy atom. The molecule has 0 aliphatic carbocycles. The van der Waals surface area contributed by atoms with E-state index in [-0.39, 0.29) is 11.4 Å². The number of rotatable bonds is 7. The molecule has 1 saturated heterocycles. The van der Waals surface area contributed by atoms with Gasteiger partial charge in [0.1, 0.15) is 11.1 Å². The Balaban J connectivity index is 1.68. The van der Waals surface area contributed by atoms with Gasteiger partial charge >= 0.3 is 5.97 Å². The van der Waals surface area contributed by atoms with Crippen molar-refractivity contribution in [3.8, 4) is 0 Å². The van der Waals surface area contributed by atoms with Gasteiger partial charge < -0.3 is 19.9 Å². The summed E-state index contributed by atoms with van der Waals surface area (Å²) < 4.78 is 11.3. The largest absolute Gasteiger partial charge is 0.448 e. The molecule has 0 radical (unpaired) electrons. The van der Waals surface area contributed by atoms with Crippen LogP contribution in [0.2, 0.25) is 0 Å². The van der Waals surface area contributed by atoms with Crippen molar-refractivity contribution in [3.63, 3.8) is 0 Å². The van der Waals surface area contributed by atoms with Crippen molar-refractivity contribution in [2.45, 2.75) is 24.1 Å². The van der Waals surface area contributed by atoms with Crippen molar-refractivity contribution in [3.05, 3.63) is 83.1 Å². The molecule has 1 fully saturated rings. The molecule has 2 N–H and O–H groups in total. The summed E-state index contributed by atoms with van der Waals surface area (Å²) in [6.07, 6.45) is -0.709. The third-order valence-corrected chi connectivity index (χ3v) is 6.98. The molecule has 0 unspecified atom stereocenters. The Kier molecular flexibility index (Phi) is 6.55. The average Bonchev–Trinajstić information content (AvgIpc) is 2.85. The van der Waals surface area contributed by atoms with Crippen LogP contribution in [0.3, 0.4) is 0 Å². The number of ether oxygens (including phenoxy) is 2. The van der Waals surface area contributed by atoms with E-state index in [0.29, 0.717) is 5.57 Å². The van der Waals surface area contributed by atoms with Crippen molar-refractivity contribution in [1.82, 2.24) is 10.2 Å². The van der Waals surface area contributed by atoms with Crippen LogP contribution >= 0.6 is 11.8 Å². The Labute approximate surface area is 195 Å². The van der Waals surface area contributed by atoms with Gasteiger partial charge in [0.2, 0.25) is 5.91 Å². The lowest BCUT2D eigenvalue weighted by molar-refractivity contribution is -0.193. The summed E-state index contributed by atoms with van der Waals surface area (Å²) in [5.41, 5.74) is 0.332. The van der Waals surface area contributed by atoms with Gasteiger partial charge in [-0.05, 0) is 16.7 Å². The van der Waals surface area contributed by atoms with E-state index in [9.17, 15) is 19.5 Å². The first-order valence-electron chi connectivity index (χ1n) is 10.4. The number of aliphatic hydroxyl groups is 1. The van der Waals surface area contributed by atoms with Crippen molar-refractivity contribution < 1.29 is 29.0 Å². The molecule has 2 atom stereocenters. The van der Waals surface area contributed by atoms with Gasteiger partial charge in [0.05, 0.1) is 6.61 Å². The summed E-state index contributed by atoms with van der Waals surface area (Å²) in [4.78, 5) is 39.6. The van der Waals surface area contributed by atoms with Crippen molar-refractivity contribution >= 4 is 29.5 Å². The molecule has 2 aliphatic rings. The third-order valence-electron chi connectivity index (χ3n) is 5.61. The molecule has 172 valence electrons. The molecule has 33 heavy (non-hydrogen) atoms. The Bertz CT molecular complexity index is 1050.